The van der Waals surface area contributed by atoms with Crippen LogP contribution in [0.15, 0.2) is 40.8 Å². The van der Waals surface area contributed by atoms with E-state index in [4.69, 9.17) is 16.0 Å². The summed E-state index contributed by atoms with van der Waals surface area (Å²) in [7, 11) is 0. The van der Waals surface area contributed by atoms with Crippen LogP contribution in [-0.4, -0.2) is 10.2 Å². The van der Waals surface area contributed by atoms with Crippen molar-refractivity contribution in [2.75, 3.05) is 0 Å². The van der Waals surface area contributed by atoms with Gasteiger partial charge in [-0.15, -0.1) is 21.8 Å². The Bertz CT molecular complexity index is 711. The van der Waals surface area contributed by atoms with E-state index in [2.05, 4.69) is 10.2 Å². The van der Waals surface area contributed by atoms with Gasteiger partial charge in [-0.3, -0.25) is 0 Å². The molecule has 0 aliphatic heterocycles. The predicted molar refractivity (Wildman–Crippen MR) is 66.8 cm³/mol. The maximum Gasteiger partial charge on any atom is 0.248 e. The maximum atomic E-state index is 13.7. The largest absolute Gasteiger partial charge is 0.419 e. The Hall–Kier alpha value is -1.94. The molecule has 0 amide bonds. The summed E-state index contributed by atoms with van der Waals surface area (Å²) in [5, 5.41) is 8.98. The van der Waals surface area contributed by atoms with Gasteiger partial charge < -0.3 is 4.42 Å². The molecule has 1 heterocycles. The molecule has 0 radical (unpaired) electrons. The Morgan fingerprint density at radius 3 is 2.56 bits per heavy atom. The van der Waals surface area contributed by atoms with Gasteiger partial charge in [0.05, 0.1) is 0 Å². The van der Waals surface area contributed by atoms with Crippen molar-refractivity contribution in [3.8, 4) is 11.5 Å². The van der Waals surface area contributed by atoms with Gasteiger partial charge in [0.15, 0.2) is 0 Å². The van der Waals surface area contributed by atoms with E-state index in [-0.39, 0.29) is 11.7 Å². The molecule has 0 unspecified atom stereocenters. The highest BCUT2D eigenvalue weighted by Gasteiger charge is 2.12. The Morgan fingerprint density at radius 1 is 1.06 bits per heavy atom. The third-order valence-corrected chi connectivity index (χ3v) is 2.91. The summed E-state index contributed by atoms with van der Waals surface area (Å²) in [6.07, 6.45) is 0. The van der Waals surface area contributed by atoms with Gasteiger partial charge in [-0.25, -0.2) is 4.39 Å². The van der Waals surface area contributed by atoms with E-state index in [9.17, 15) is 4.39 Å². The third kappa shape index (κ3) is 1.75. The van der Waals surface area contributed by atoms with Crippen LogP contribution in [0.1, 0.15) is 5.89 Å². The molecule has 3 rings (SSSR count). The summed E-state index contributed by atoms with van der Waals surface area (Å²) < 4.78 is 19.1. The lowest BCUT2D eigenvalue weighted by molar-refractivity contribution is 0.527. The van der Waals surface area contributed by atoms with Gasteiger partial charge in [-0.05, 0) is 17.5 Å². The van der Waals surface area contributed by atoms with Crippen LogP contribution >= 0.6 is 11.6 Å². The summed E-state index contributed by atoms with van der Waals surface area (Å²) in [6, 6.07) is 10.2. The predicted octanol–water partition coefficient (Wildman–Crippen LogP) is 3.77. The van der Waals surface area contributed by atoms with Crippen LogP contribution in [0.2, 0.25) is 0 Å². The second-order valence-corrected chi connectivity index (χ2v) is 4.04. The fourth-order valence-electron chi connectivity index (χ4n) is 1.87. The molecule has 0 aliphatic rings. The van der Waals surface area contributed by atoms with Crippen LogP contribution in [0.5, 0.6) is 0 Å². The molecular formula is C13H8ClFN2O. The Morgan fingerprint density at radius 2 is 1.83 bits per heavy atom. The Balaban J connectivity index is 2.26. The smallest absolute Gasteiger partial charge is 0.248 e. The highest BCUT2D eigenvalue weighted by molar-refractivity contribution is 6.16. The summed E-state index contributed by atoms with van der Waals surface area (Å²) in [6.45, 7) is 0. The zero-order chi connectivity index (χ0) is 12.5. The molecule has 0 saturated heterocycles. The summed E-state index contributed by atoms with van der Waals surface area (Å²) in [5.74, 6) is 0.583. The topological polar surface area (TPSA) is 38.9 Å². The van der Waals surface area contributed by atoms with Crippen molar-refractivity contribution >= 4 is 22.4 Å². The van der Waals surface area contributed by atoms with Crippen LogP contribution < -0.4 is 0 Å². The number of benzene rings is 2. The van der Waals surface area contributed by atoms with E-state index >= 15 is 0 Å². The minimum Gasteiger partial charge on any atom is -0.419 e. The van der Waals surface area contributed by atoms with E-state index in [1.807, 2.05) is 12.1 Å². The number of hydrogen-bond acceptors (Lipinski definition) is 3. The first-order chi connectivity index (χ1) is 8.79. The molecule has 0 bridgehead atoms. The molecule has 0 aliphatic carbocycles. The van der Waals surface area contributed by atoms with Crippen molar-refractivity contribution in [2.45, 2.75) is 5.88 Å². The first-order valence-corrected chi connectivity index (χ1v) is 5.89. The monoisotopic (exact) mass is 262 g/mol. The van der Waals surface area contributed by atoms with Crippen molar-refractivity contribution in [1.29, 1.82) is 0 Å². The summed E-state index contributed by atoms with van der Waals surface area (Å²) >= 11 is 5.61. The molecule has 0 N–H and O–H groups in total. The average molecular weight is 263 g/mol. The standard InChI is InChI=1S/C13H8ClFN2O/c14-7-12-16-17-13(18-12)10-5-6-11(15)9-4-2-1-3-8(9)10/h1-6H,7H2. The number of halogens is 2. The fraction of sp³-hybridized carbons (Fsp3) is 0.0769. The second kappa shape index (κ2) is 4.38. The van der Waals surface area contributed by atoms with Crippen molar-refractivity contribution in [1.82, 2.24) is 10.2 Å². The Labute approximate surface area is 107 Å². The quantitative estimate of drug-likeness (QED) is 0.660. The first kappa shape index (κ1) is 11.2. The zero-order valence-corrected chi connectivity index (χ0v) is 9.99. The maximum absolute atomic E-state index is 13.7. The minimum atomic E-state index is -0.272. The highest BCUT2D eigenvalue weighted by Crippen LogP contribution is 2.29. The van der Waals surface area contributed by atoms with E-state index in [1.54, 1.807) is 18.2 Å². The second-order valence-electron chi connectivity index (χ2n) is 3.78. The van der Waals surface area contributed by atoms with Crippen LogP contribution in [0, 0.1) is 5.82 Å². The molecule has 0 spiro atoms. The summed E-state index contributed by atoms with van der Waals surface area (Å²) in [4.78, 5) is 0. The molecule has 0 atom stereocenters. The Kier molecular flexibility index (Phi) is 2.72. The van der Waals surface area contributed by atoms with E-state index in [1.165, 1.54) is 6.07 Å². The molecular weight excluding hydrogens is 255 g/mol. The SMILES string of the molecule is Fc1ccc(-c2nnc(CCl)o2)c2ccccc12. The number of nitrogens with zero attached hydrogens (tertiary/aromatic N) is 2. The number of rotatable bonds is 2. The van der Waals surface area contributed by atoms with Gasteiger partial charge in [0.2, 0.25) is 11.8 Å². The molecule has 2 aromatic carbocycles. The fourth-order valence-corrected chi connectivity index (χ4v) is 1.97. The van der Waals surface area contributed by atoms with Crippen LogP contribution in [-0.2, 0) is 5.88 Å². The van der Waals surface area contributed by atoms with E-state index in [0.29, 0.717) is 22.7 Å². The third-order valence-electron chi connectivity index (χ3n) is 2.68. The van der Waals surface area contributed by atoms with Crippen LogP contribution in [0.25, 0.3) is 22.2 Å². The number of alkyl halides is 1. The van der Waals surface area contributed by atoms with Gasteiger partial charge in [0.1, 0.15) is 11.7 Å². The van der Waals surface area contributed by atoms with Crippen LogP contribution in [0.3, 0.4) is 0 Å². The van der Waals surface area contributed by atoms with Crippen molar-refractivity contribution in [3.05, 3.63) is 48.1 Å². The number of fused-ring (bicyclic) bond motifs is 1. The lowest BCUT2D eigenvalue weighted by atomic mass is 10.0. The minimum absolute atomic E-state index is 0.159. The van der Waals surface area contributed by atoms with Gasteiger partial charge in [-0.2, -0.15) is 0 Å². The van der Waals surface area contributed by atoms with Gasteiger partial charge >= 0.3 is 0 Å². The molecule has 0 saturated carbocycles. The highest BCUT2D eigenvalue weighted by atomic mass is 35.5. The molecule has 18 heavy (non-hydrogen) atoms. The van der Waals surface area contributed by atoms with Crippen LogP contribution in [0.4, 0.5) is 4.39 Å². The van der Waals surface area contributed by atoms with Gasteiger partial charge in [0, 0.05) is 10.9 Å². The van der Waals surface area contributed by atoms with E-state index < -0.39 is 0 Å². The molecule has 3 aromatic rings. The number of hydrogen-bond donors (Lipinski definition) is 0. The van der Waals surface area contributed by atoms with Gasteiger partial charge in [-0.1, -0.05) is 24.3 Å². The first-order valence-electron chi connectivity index (χ1n) is 5.35. The summed E-state index contributed by atoms with van der Waals surface area (Å²) in [5.41, 5.74) is 0.705. The average Bonchev–Trinajstić information content (AvgIpc) is 2.88. The zero-order valence-electron chi connectivity index (χ0n) is 9.23. The lowest BCUT2D eigenvalue weighted by Gasteiger charge is -2.03. The molecule has 1 aromatic heterocycles. The van der Waals surface area contributed by atoms with Crippen molar-refractivity contribution in [3.63, 3.8) is 0 Å². The number of aromatic nitrogens is 2. The lowest BCUT2D eigenvalue weighted by Crippen LogP contribution is -1.85. The van der Waals surface area contributed by atoms with Gasteiger partial charge in [0.25, 0.3) is 0 Å². The van der Waals surface area contributed by atoms with Crippen molar-refractivity contribution < 1.29 is 8.81 Å². The molecule has 3 nitrogen and oxygen atoms in total. The van der Waals surface area contributed by atoms with Crippen molar-refractivity contribution in [2.24, 2.45) is 0 Å². The molecule has 90 valence electrons. The van der Waals surface area contributed by atoms with E-state index in [0.717, 1.165) is 5.39 Å². The molecule has 0 fully saturated rings. The molecule has 5 heteroatoms. The normalized spacial score (nSPS) is 11.0.